The zero-order valence-electron chi connectivity index (χ0n) is 20.0. The molecule has 2 amide bonds. The summed E-state index contributed by atoms with van der Waals surface area (Å²) < 4.78 is 5.17. The van der Waals surface area contributed by atoms with Gasteiger partial charge in [0.1, 0.15) is 0 Å². The first kappa shape index (κ1) is 24.6. The van der Waals surface area contributed by atoms with Crippen molar-refractivity contribution < 1.29 is 14.3 Å². The number of carbonyl (C=O) groups is 2. The van der Waals surface area contributed by atoms with Crippen molar-refractivity contribution in [2.75, 3.05) is 59.5 Å². The molecule has 0 bridgehead atoms. The van der Waals surface area contributed by atoms with Crippen molar-refractivity contribution in [2.24, 2.45) is 0 Å². The Bertz CT molecular complexity index is 998. The molecular weight excluding hydrogens is 452 g/mol. The summed E-state index contributed by atoms with van der Waals surface area (Å²) in [5.74, 6) is 0.250. The number of halogens is 1. The van der Waals surface area contributed by atoms with E-state index in [1.807, 2.05) is 28.9 Å². The molecule has 0 aliphatic carbocycles. The minimum Gasteiger partial charge on any atom is -0.383 e. The Labute approximate surface area is 206 Å². The third-order valence-corrected chi connectivity index (χ3v) is 7.08. The van der Waals surface area contributed by atoms with E-state index < -0.39 is 0 Å². The number of aromatic nitrogens is 1. The normalized spacial score (nSPS) is 17.7. The van der Waals surface area contributed by atoms with Gasteiger partial charge >= 0.3 is 0 Å². The molecule has 0 unspecified atom stereocenters. The topological polar surface area (TPSA) is 66.0 Å². The van der Waals surface area contributed by atoms with Gasteiger partial charge in [-0.05, 0) is 56.2 Å². The first-order valence-corrected chi connectivity index (χ1v) is 12.4. The molecule has 2 aliphatic rings. The fraction of sp³-hybridized carbons (Fsp3) is 0.500. The van der Waals surface area contributed by atoms with Crippen LogP contribution in [0.5, 0.6) is 0 Å². The van der Waals surface area contributed by atoms with Crippen LogP contribution in [0, 0.1) is 6.92 Å². The Hall–Kier alpha value is -2.48. The van der Waals surface area contributed by atoms with Gasteiger partial charge in [-0.15, -0.1) is 0 Å². The highest BCUT2D eigenvalue weighted by Gasteiger charge is 2.30. The standard InChI is InChI=1S/C26H33ClN4O3/c1-19-3-8-23(26(33)31-15-13-29(14-16-31)17-18-34-2)24(28-19)20-9-11-30(12-10-20)25(32)21-4-6-22(27)7-5-21/h3-8,20H,9-18H2,1-2H3. The predicted octanol–water partition coefficient (Wildman–Crippen LogP) is 3.47. The lowest BCUT2D eigenvalue weighted by Gasteiger charge is -2.36. The van der Waals surface area contributed by atoms with Crippen molar-refractivity contribution in [2.45, 2.75) is 25.7 Å². The van der Waals surface area contributed by atoms with E-state index in [9.17, 15) is 9.59 Å². The van der Waals surface area contributed by atoms with Crippen molar-refractivity contribution in [1.82, 2.24) is 19.7 Å². The smallest absolute Gasteiger partial charge is 0.255 e. The maximum Gasteiger partial charge on any atom is 0.255 e. The minimum atomic E-state index is 0.0231. The minimum absolute atomic E-state index is 0.0231. The van der Waals surface area contributed by atoms with Gasteiger partial charge in [-0.3, -0.25) is 19.5 Å². The van der Waals surface area contributed by atoms with Crippen molar-refractivity contribution in [3.05, 3.63) is 63.9 Å². The first-order chi connectivity index (χ1) is 16.5. The molecule has 2 saturated heterocycles. The highest BCUT2D eigenvalue weighted by atomic mass is 35.5. The molecule has 0 N–H and O–H groups in total. The summed E-state index contributed by atoms with van der Waals surface area (Å²) in [6.07, 6.45) is 1.59. The van der Waals surface area contributed by atoms with E-state index >= 15 is 0 Å². The molecule has 7 nitrogen and oxygen atoms in total. The quantitative estimate of drug-likeness (QED) is 0.628. The monoisotopic (exact) mass is 484 g/mol. The average Bonchev–Trinajstić information content (AvgIpc) is 2.87. The number of nitrogens with zero attached hydrogens (tertiary/aromatic N) is 4. The van der Waals surface area contributed by atoms with Crippen LogP contribution in [0.3, 0.4) is 0 Å². The predicted molar refractivity (Wildman–Crippen MR) is 133 cm³/mol. The summed E-state index contributed by atoms with van der Waals surface area (Å²) in [4.78, 5) is 37.3. The number of likely N-dealkylation sites (tertiary alicyclic amines) is 1. The second-order valence-electron chi connectivity index (χ2n) is 9.09. The van der Waals surface area contributed by atoms with Crippen LogP contribution in [0.2, 0.25) is 5.02 Å². The summed E-state index contributed by atoms with van der Waals surface area (Å²) in [6.45, 7) is 7.99. The summed E-state index contributed by atoms with van der Waals surface area (Å²) in [6, 6.07) is 10.9. The number of hydrogen-bond acceptors (Lipinski definition) is 5. The van der Waals surface area contributed by atoms with Gasteiger partial charge in [-0.1, -0.05) is 11.6 Å². The summed E-state index contributed by atoms with van der Waals surface area (Å²) in [5.41, 5.74) is 3.15. The highest BCUT2D eigenvalue weighted by Crippen LogP contribution is 2.31. The largest absolute Gasteiger partial charge is 0.383 e. The summed E-state index contributed by atoms with van der Waals surface area (Å²) in [7, 11) is 1.71. The van der Waals surface area contributed by atoms with Gasteiger partial charge < -0.3 is 14.5 Å². The fourth-order valence-electron chi connectivity index (χ4n) is 4.77. The van der Waals surface area contributed by atoms with Crippen LogP contribution >= 0.6 is 11.6 Å². The van der Waals surface area contributed by atoms with Crippen molar-refractivity contribution >= 4 is 23.4 Å². The van der Waals surface area contributed by atoms with E-state index in [2.05, 4.69) is 4.90 Å². The molecule has 2 fully saturated rings. The van der Waals surface area contributed by atoms with Crippen LogP contribution in [0.1, 0.15) is 50.9 Å². The molecule has 1 aromatic carbocycles. The number of methoxy groups -OCH3 is 1. The van der Waals surface area contributed by atoms with Gasteiger partial charge in [0.2, 0.25) is 0 Å². The number of benzene rings is 1. The maximum atomic E-state index is 13.4. The lowest BCUT2D eigenvalue weighted by atomic mass is 9.89. The van der Waals surface area contributed by atoms with E-state index in [-0.39, 0.29) is 17.7 Å². The van der Waals surface area contributed by atoms with E-state index in [0.717, 1.165) is 43.9 Å². The molecule has 0 atom stereocenters. The number of piperazine rings is 1. The third-order valence-electron chi connectivity index (χ3n) is 6.83. The molecule has 8 heteroatoms. The van der Waals surface area contributed by atoms with E-state index in [1.54, 1.807) is 31.4 Å². The maximum absolute atomic E-state index is 13.4. The van der Waals surface area contributed by atoms with Crippen LogP contribution < -0.4 is 0 Å². The highest BCUT2D eigenvalue weighted by molar-refractivity contribution is 6.30. The Morgan fingerprint density at radius 1 is 0.941 bits per heavy atom. The number of pyridine rings is 1. The number of rotatable bonds is 6. The van der Waals surface area contributed by atoms with Gasteiger partial charge in [0, 0.05) is 75.1 Å². The van der Waals surface area contributed by atoms with E-state index in [0.29, 0.717) is 48.9 Å². The molecule has 1 aromatic heterocycles. The van der Waals surface area contributed by atoms with Crippen LogP contribution in [-0.4, -0.2) is 91.0 Å². The molecule has 2 aliphatic heterocycles. The number of piperidine rings is 1. The number of hydrogen-bond donors (Lipinski definition) is 0. The molecule has 0 spiro atoms. The van der Waals surface area contributed by atoms with E-state index in [1.165, 1.54) is 0 Å². The SMILES string of the molecule is COCCN1CCN(C(=O)c2ccc(C)nc2C2CCN(C(=O)c3ccc(Cl)cc3)CC2)CC1. The molecule has 0 saturated carbocycles. The number of amides is 2. The Morgan fingerprint density at radius 3 is 2.24 bits per heavy atom. The molecule has 182 valence electrons. The Kier molecular flexibility index (Phi) is 8.19. The van der Waals surface area contributed by atoms with Gasteiger partial charge in [-0.2, -0.15) is 0 Å². The molecule has 34 heavy (non-hydrogen) atoms. The lowest BCUT2D eigenvalue weighted by molar-refractivity contribution is 0.0589. The third kappa shape index (κ3) is 5.77. The van der Waals surface area contributed by atoms with Gasteiger partial charge in [-0.25, -0.2) is 0 Å². The van der Waals surface area contributed by atoms with E-state index in [4.69, 9.17) is 21.3 Å². The van der Waals surface area contributed by atoms with Crippen molar-refractivity contribution in [1.29, 1.82) is 0 Å². The van der Waals surface area contributed by atoms with Crippen LogP contribution in [0.4, 0.5) is 0 Å². The first-order valence-electron chi connectivity index (χ1n) is 12.0. The zero-order valence-corrected chi connectivity index (χ0v) is 20.8. The molecular formula is C26H33ClN4O3. The van der Waals surface area contributed by atoms with Gasteiger partial charge in [0.05, 0.1) is 17.9 Å². The summed E-state index contributed by atoms with van der Waals surface area (Å²) in [5, 5.41) is 0.620. The average molecular weight is 485 g/mol. The van der Waals surface area contributed by atoms with Crippen LogP contribution in [-0.2, 0) is 4.74 Å². The number of aryl methyl sites for hydroxylation is 1. The van der Waals surface area contributed by atoms with Gasteiger partial charge in [0.15, 0.2) is 0 Å². The van der Waals surface area contributed by atoms with Crippen molar-refractivity contribution in [3.8, 4) is 0 Å². The Balaban J connectivity index is 1.41. The lowest BCUT2D eigenvalue weighted by Crippen LogP contribution is -2.49. The summed E-state index contributed by atoms with van der Waals surface area (Å²) >= 11 is 5.96. The van der Waals surface area contributed by atoms with Crippen LogP contribution in [0.15, 0.2) is 36.4 Å². The molecule has 2 aromatic rings. The second kappa shape index (κ2) is 11.3. The number of carbonyl (C=O) groups excluding carboxylic acids is 2. The number of ether oxygens (including phenoxy) is 1. The molecule has 3 heterocycles. The molecule has 0 radical (unpaired) electrons. The van der Waals surface area contributed by atoms with Crippen molar-refractivity contribution in [3.63, 3.8) is 0 Å². The fourth-order valence-corrected chi connectivity index (χ4v) is 4.89. The van der Waals surface area contributed by atoms with Crippen LogP contribution in [0.25, 0.3) is 0 Å². The Morgan fingerprint density at radius 2 is 1.59 bits per heavy atom. The molecule has 4 rings (SSSR count). The second-order valence-corrected chi connectivity index (χ2v) is 9.52. The zero-order chi connectivity index (χ0) is 24.1. The van der Waals surface area contributed by atoms with Gasteiger partial charge in [0.25, 0.3) is 11.8 Å².